The van der Waals surface area contributed by atoms with Crippen LogP contribution in [0, 0.1) is 23.2 Å². The van der Waals surface area contributed by atoms with Crippen molar-refractivity contribution in [3.05, 3.63) is 0 Å². The van der Waals surface area contributed by atoms with E-state index in [1.807, 2.05) is 0 Å². The second-order valence-electron chi connectivity index (χ2n) is 9.49. The van der Waals surface area contributed by atoms with Gasteiger partial charge < -0.3 is 21.5 Å². The Hall–Kier alpha value is -1.14. The fourth-order valence-corrected chi connectivity index (χ4v) is 7.10. The predicted molar refractivity (Wildman–Crippen MR) is 86.4 cm³/mol. The third-order valence-corrected chi connectivity index (χ3v) is 7.69. The second-order valence-corrected chi connectivity index (χ2v) is 9.49. The van der Waals surface area contributed by atoms with Gasteiger partial charge in [0.1, 0.15) is 6.04 Å². The van der Waals surface area contributed by atoms with Crippen LogP contribution in [0.2, 0.25) is 0 Å². The van der Waals surface area contributed by atoms with Crippen LogP contribution in [0.1, 0.15) is 51.4 Å². The smallest absolute Gasteiger partial charge is 0.241 e. The Morgan fingerprint density at radius 3 is 2.33 bits per heavy atom. The van der Waals surface area contributed by atoms with Gasteiger partial charge in [-0.05, 0) is 74.5 Å². The number of hydrogen-bond donors (Lipinski definition) is 3. The Morgan fingerprint density at radius 2 is 1.75 bits per heavy atom. The van der Waals surface area contributed by atoms with Gasteiger partial charge in [-0.1, -0.05) is 0 Å². The fourth-order valence-electron chi connectivity index (χ4n) is 7.10. The average molecular weight is 333 g/mol. The van der Waals surface area contributed by atoms with Gasteiger partial charge in [0.05, 0.1) is 11.6 Å². The average Bonchev–Trinajstić information content (AvgIpc) is 3.13. The van der Waals surface area contributed by atoms with Crippen molar-refractivity contribution in [3.8, 4) is 0 Å². The number of primary amides is 1. The maximum atomic E-state index is 13.2. The lowest BCUT2D eigenvalue weighted by atomic mass is 9.46. The number of likely N-dealkylation sites (tertiary alicyclic amines) is 1. The topological polar surface area (TPSA) is 110 Å². The molecule has 4 unspecified atom stereocenters. The van der Waals surface area contributed by atoms with Crippen LogP contribution in [0.15, 0.2) is 0 Å². The van der Waals surface area contributed by atoms with E-state index in [9.17, 15) is 14.7 Å². The molecule has 24 heavy (non-hydrogen) atoms. The minimum absolute atomic E-state index is 0.102. The molecule has 6 heteroatoms. The fraction of sp³-hybridized carbons (Fsp3) is 0.889. The molecule has 5 saturated carbocycles. The molecule has 6 nitrogen and oxygen atoms in total. The number of fused-ring (bicyclic) bond motifs is 1. The Labute approximate surface area is 141 Å². The first-order chi connectivity index (χ1) is 11.3. The van der Waals surface area contributed by atoms with Crippen LogP contribution in [-0.4, -0.2) is 45.5 Å². The van der Waals surface area contributed by atoms with Crippen molar-refractivity contribution in [3.63, 3.8) is 0 Å². The van der Waals surface area contributed by atoms with Crippen molar-refractivity contribution in [2.45, 2.75) is 75.1 Å². The first-order valence-corrected chi connectivity index (χ1v) is 9.40. The third-order valence-electron chi connectivity index (χ3n) is 7.69. The van der Waals surface area contributed by atoms with E-state index >= 15 is 0 Å². The molecule has 0 spiro atoms. The Morgan fingerprint density at radius 1 is 1.08 bits per heavy atom. The molecule has 6 atom stereocenters. The molecule has 1 saturated heterocycles. The predicted octanol–water partition coefficient (Wildman–Crippen LogP) is 0.120. The maximum Gasteiger partial charge on any atom is 0.241 e. The van der Waals surface area contributed by atoms with E-state index in [1.165, 1.54) is 6.42 Å². The lowest BCUT2D eigenvalue weighted by molar-refractivity contribution is -0.178. The summed E-state index contributed by atoms with van der Waals surface area (Å²) in [6.45, 7) is 0. The molecule has 4 bridgehead atoms. The van der Waals surface area contributed by atoms with Crippen LogP contribution >= 0.6 is 0 Å². The molecule has 1 heterocycles. The van der Waals surface area contributed by atoms with Gasteiger partial charge in [-0.15, -0.1) is 0 Å². The zero-order valence-corrected chi connectivity index (χ0v) is 14.0. The number of carbonyl (C=O) groups excluding carboxylic acids is 2. The van der Waals surface area contributed by atoms with Gasteiger partial charge in [-0.2, -0.15) is 0 Å². The summed E-state index contributed by atoms with van der Waals surface area (Å²) in [6, 6.07) is -0.932. The summed E-state index contributed by atoms with van der Waals surface area (Å²) in [7, 11) is 0. The van der Waals surface area contributed by atoms with Crippen molar-refractivity contribution in [2.24, 2.45) is 34.6 Å². The highest BCUT2D eigenvalue weighted by Gasteiger charge is 2.63. The van der Waals surface area contributed by atoms with Gasteiger partial charge in [0.2, 0.25) is 11.8 Å². The van der Waals surface area contributed by atoms with Gasteiger partial charge in [0, 0.05) is 6.04 Å². The molecular weight excluding hydrogens is 306 g/mol. The SMILES string of the molecule is NC(=O)[C@@H]1CC2CC2N1C(=O)[C@@H](N)C12CC3CC(CC(O)(C3)C1)C2. The highest BCUT2D eigenvalue weighted by Crippen LogP contribution is 2.63. The molecule has 6 rings (SSSR count). The summed E-state index contributed by atoms with van der Waals surface area (Å²) in [5, 5.41) is 10.9. The first-order valence-electron chi connectivity index (χ1n) is 9.40. The van der Waals surface area contributed by atoms with E-state index in [1.54, 1.807) is 4.90 Å². The summed E-state index contributed by atoms with van der Waals surface area (Å²) in [4.78, 5) is 26.7. The van der Waals surface area contributed by atoms with E-state index in [4.69, 9.17) is 11.5 Å². The molecule has 0 aromatic carbocycles. The Kier molecular flexibility index (Phi) is 2.85. The monoisotopic (exact) mass is 333 g/mol. The van der Waals surface area contributed by atoms with Gasteiger partial charge in [-0.3, -0.25) is 9.59 Å². The van der Waals surface area contributed by atoms with E-state index in [2.05, 4.69) is 0 Å². The number of carbonyl (C=O) groups is 2. The number of nitrogens with zero attached hydrogens (tertiary/aromatic N) is 1. The summed E-state index contributed by atoms with van der Waals surface area (Å²) in [6.07, 6.45) is 7.11. The molecule has 5 aliphatic carbocycles. The second kappa shape index (κ2) is 4.52. The molecule has 0 aromatic rings. The van der Waals surface area contributed by atoms with Crippen LogP contribution in [0.25, 0.3) is 0 Å². The van der Waals surface area contributed by atoms with Gasteiger partial charge in [-0.25, -0.2) is 0 Å². The highest BCUT2D eigenvalue weighted by atomic mass is 16.3. The Bertz CT molecular complexity index is 607. The molecule has 1 aliphatic heterocycles. The van der Waals surface area contributed by atoms with Crippen molar-refractivity contribution in [2.75, 3.05) is 0 Å². The van der Waals surface area contributed by atoms with Crippen LogP contribution in [-0.2, 0) is 9.59 Å². The van der Waals surface area contributed by atoms with Crippen molar-refractivity contribution in [1.82, 2.24) is 4.90 Å². The molecule has 2 amide bonds. The van der Waals surface area contributed by atoms with E-state index in [0.29, 0.717) is 30.6 Å². The largest absolute Gasteiger partial charge is 0.390 e. The number of aliphatic hydroxyl groups is 1. The summed E-state index contributed by atoms with van der Waals surface area (Å²) in [5.41, 5.74) is 11.2. The molecule has 6 fully saturated rings. The minimum Gasteiger partial charge on any atom is -0.390 e. The lowest BCUT2D eigenvalue weighted by Crippen LogP contribution is -2.65. The molecule has 5 N–H and O–H groups in total. The molecule has 0 aromatic heterocycles. The van der Waals surface area contributed by atoms with Crippen molar-refractivity contribution >= 4 is 11.8 Å². The zero-order valence-electron chi connectivity index (χ0n) is 14.0. The van der Waals surface area contributed by atoms with Gasteiger partial charge >= 0.3 is 0 Å². The summed E-state index contributed by atoms with van der Waals surface area (Å²) in [5.74, 6) is 0.906. The summed E-state index contributed by atoms with van der Waals surface area (Å²) < 4.78 is 0. The zero-order chi connectivity index (χ0) is 16.9. The van der Waals surface area contributed by atoms with Crippen LogP contribution in [0.5, 0.6) is 0 Å². The van der Waals surface area contributed by atoms with E-state index in [0.717, 1.165) is 32.1 Å². The normalized spacial score (nSPS) is 52.2. The highest BCUT2D eigenvalue weighted by molar-refractivity contribution is 5.91. The number of nitrogens with two attached hydrogens (primary N) is 2. The van der Waals surface area contributed by atoms with Crippen LogP contribution < -0.4 is 11.5 Å². The molecular formula is C18H27N3O3. The third kappa shape index (κ3) is 1.96. The van der Waals surface area contributed by atoms with Crippen molar-refractivity contribution in [1.29, 1.82) is 0 Å². The van der Waals surface area contributed by atoms with Crippen molar-refractivity contribution < 1.29 is 14.7 Å². The van der Waals surface area contributed by atoms with Gasteiger partial charge in [0.15, 0.2) is 0 Å². The molecule has 0 radical (unpaired) electrons. The minimum atomic E-state index is -0.627. The van der Waals surface area contributed by atoms with E-state index in [-0.39, 0.29) is 17.4 Å². The van der Waals surface area contributed by atoms with Crippen LogP contribution in [0.3, 0.4) is 0 Å². The van der Waals surface area contributed by atoms with Gasteiger partial charge in [0.25, 0.3) is 0 Å². The number of amides is 2. The number of hydrogen-bond acceptors (Lipinski definition) is 4. The number of piperidine rings is 1. The summed E-state index contributed by atoms with van der Waals surface area (Å²) >= 11 is 0. The maximum absolute atomic E-state index is 13.2. The standard InChI is InChI=1S/C18H27N3O3/c19-14(16(23)21-12-2-11(12)3-13(21)15(20)22)17-4-9-1-10(5-17)7-18(24,6-9)8-17/h9-14,24H,1-8,19H2,(H2,20,22)/t9?,10?,11?,12?,13-,14+,17?,18?/m0/s1. The first kappa shape index (κ1) is 15.1. The number of rotatable bonds is 3. The lowest BCUT2D eigenvalue weighted by Gasteiger charge is -2.61. The Balaban J connectivity index is 1.43. The van der Waals surface area contributed by atoms with E-state index < -0.39 is 23.6 Å². The molecule has 6 aliphatic rings. The quantitative estimate of drug-likeness (QED) is 0.681. The molecule has 132 valence electrons. The van der Waals surface area contributed by atoms with Crippen LogP contribution in [0.4, 0.5) is 0 Å².